The highest BCUT2D eigenvalue weighted by atomic mass is 16.5. The molecule has 214 valence electrons. The zero-order chi connectivity index (χ0) is 27.9. The maximum Gasteiger partial charge on any atom is 0.227 e. The number of aromatic nitrogens is 1. The van der Waals surface area contributed by atoms with Gasteiger partial charge in [0, 0.05) is 69.6 Å². The molecule has 8 nitrogen and oxygen atoms in total. The number of ether oxygens (including phenoxy) is 1. The average Bonchev–Trinajstić information content (AvgIpc) is 3.78. The molecule has 0 spiro atoms. The molecule has 2 aliphatic rings. The molecule has 1 aliphatic carbocycles. The van der Waals surface area contributed by atoms with Crippen LogP contribution in [0.2, 0.25) is 0 Å². The Morgan fingerprint density at radius 1 is 1.10 bits per heavy atom. The summed E-state index contributed by atoms with van der Waals surface area (Å²) in [7, 11) is 1.73. The van der Waals surface area contributed by atoms with Crippen molar-refractivity contribution in [2.24, 2.45) is 11.8 Å². The van der Waals surface area contributed by atoms with Gasteiger partial charge in [0.2, 0.25) is 11.8 Å². The number of amides is 2. The summed E-state index contributed by atoms with van der Waals surface area (Å²) >= 11 is 0. The first-order chi connectivity index (χ1) is 19.6. The molecule has 2 aromatic carbocycles. The third kappa shape index (κ3) is 6.74. The number of hydrogen-bond donors (Lipinski definition) is 3. The third-order valence-electron chi connectivity index (χ3n) is 8.24. The number of nitrogens with one attached hydrogen (secondary N) is 2. The fourth-order valence-electron chi connectivity index (χ4n) is 5.96. The molecular formula is C32H42N4O4. The number of aliphatic hydroxyl groups excluding tert-OH is 1. The summed E-state index contributed by atoms with van der Waals surface area (Å²) in [4.78, 5) is 29.3. The van der Waals surface area contributed by atoms with Crippen LogP contribution >= 0.6 is 0 Å². The molecular weight excluding hydrogens is 504 g/mol. The summed E-state index contributed by atoms with van der Waals surface area (Å²) in [5, 5.41) is 17.3. The van der Waals surface area contributed by atoms with E-state index >= 15 is 0 Å². The number of benzene rings is 2. The number of carbonyl (C=O) groups is 2. The predicted octanol–water partition coefficient (Wildman–Crippen LogP) is 3.63. The molecule has 40 heavy (non-hydrogen) atoms. The first-order valence-corrected chi connectivity index (χ1v) is 14.6. The quantitative estimate of drug-likeness (QED) is 0.285. The number of aryl methyl sites for hydroxylation is 1. The second-order valence-corrected chi connectivity index (χ2v) is 11.2. The molecule has 1 aromatic heterocycles. The van der Waals surface area contributed by atoms with E-state index in [-0.39, 0.29) is 42.3 Å². The Kier molecular flexibility index (Phi) is 9.52. The zero-order valence-electron chi connectivity index (χ0n) is 23.4. The van der Waals surface area contributed by atoms with Crippen LogP contribution in [0, 0.1) is 11.8 Å². The molecule has 2 heterocycles. The summed E-state index contributed by atoms with van der Waals surface area (Å²) in [5.74, 6) is -0.465. The van der Waals surface area contributed by atoms with Crippen LogP contribution in [0.1, 0.15) is 49.3 Å². The number of rotatable bonds is 13. The molecule has 3 N–H and O–H groups in total. The fraction of sp³-hybridized carbons (Fsp3) is 0.500. The third-order valence-corrected chi connectivity index (χ3v) is 8.24. The molecule has 0 radical (unpaired) electrons. The Labute approximate surface area is 236 Å². The monoisotopic (exact) mass is 546 g/mol. The van der Waals surface area contributed by atoms with E-state index in [0.29, 0.717) is 39.1 Å². The SMILES string of the molecule is COCCCn1cc(CN(C(=O)[C@H]2CNC[C@@H](C(=O)N[C@H](CCO)c3ccccc3)C2)C2CC2)c2ccccc21. The zero-order valence-corrected chi connectivity index (χ0v) is 23.4. The van der Waals surface area contributed by atoms with Crippen molar-refractivity contribution in [2.45, 2.75) is 57.3 Å². The Morgan fingerprint density at radius 2 is 1.85 bits per heavy atom. The lowest BCUT2D eigenvalue weighted by Gasteiger charge is -2.33. The van der Waals surface area contributed by atoms with Crippen molar-refractivity contribution in [2.75, 3.05) is 33.4 Å². The Morgan fingerprint density at radius 3 is 2.60 bits per heavy atom. The van der Waals surface area contributed by atoms with E-state index in [1.165, 1.54) is 16.5 Å². The molecule has 3 aromatic rings. The van der Waals surface area contributed by atoms with E-state index in [1.807, 2.05) is 30.3 Å². The highest BCUT2D eigenvalue weighted by molar-refractivity contribution is 5.86. The van der Waals surface area contributed by atoms with Crippen LogP contribution in [-0.4, -0.2) is 65.8 Å². The summed E-state index contributed by atoms with van der Waals surface area (Å²) in [6.45, 7) is 3.29. The van der Waals surface area contributed by atoms with Gasteiger partial charge in [-0.15, -0.1) is 0 Å². The lowest BCUT2D eigenvalue weighted by molar-refractivity contribution is -0.138. The van der Waals surface area contributed by atoms with E-state index in [4.69, 9.17) is 4.74 Å². The van der Waals surface area contributed by atoms with Crippen LogP contribution in [-0.2, 0) is 27.4 Å². The number of carbonyl (C=O) groups excluding carboxylic acids is 2. The first-order valence-electron chi connectivity index (χ1n) is 14.6. The van der Waals surface area contributed by atoms with Crippen molar-refractivity contribution >= 4 is 22.7 Å². The average molecular weight is 547 g/mol. The first kappa shape index (κ1) is 28.3. The fourth-order valence-corrected chi connectivity index (χ4v) is 5.96. The Hall–Kier alpha value is -3.20. The van der Waals surface area contributed by atoms with Gasteiger partial charge in [0.25, 0.3) is 0 Å². The molecule has 0 unspecified atom stereocenters. The van der Waals surface area contributed by atoms with Gasteiger partial charge in [-0.25, -0.2) is 0 Å². The molecule has 5 rings (SSSR count). The highest BCUT2D eigenvalue weighted by Gasteiger charge is 2.39. The van der Waals surface area contributed by atoms with E-state index in [0.717, 1.165) is 31.4 Å². The predicted molar refractivity (Wildman–Crippen MR) is 155 cm³/mol. The summed E-state index contributed by atoms with van der Waals surface area (Å²) in [6.07, 6.45) is 6.17. The lowest BCUT2D eigenvalue weighted by atomic mass is 9.88. The van der Waals surface area contributed by atoms with Crippen molar-refractivity contribution in [1.82, 2.24) is 20.1 Å². The van der Waals surface area contributed by atoms with Gasteiger partial charge in [-0.2, -0.15) is 0 Å². The van der Waals surface area contributed by atoms with Gasteiger partial charge in [0.15, 0.2) is 0 Å². The second kappa shape index (κ2) is 13.4. The number of para-hydroxylation sites is 1. The minimum atomic E-state index is -0.295. The minimum Gasteiger partial charge on any atom is -0.396 e. The molecule has 1 saturated heterocycles. The molecule has 8 heteroatoms. The Balaban J connectivity index is 1.27. The number of piperidine rings is 1. The van der Waals surface area contributed by atoms with Crippen LogP contribution in [0.15, 0.2) is 60.8 Å². The number of nitrogens with zero attached hydrogens (tertiary/aromatic N) is 2. The minimum absolute atomic E-state index is 0.0109. The molecule has 1 saturated carbocycles. The molecule has 1 aliphatic heterocycles. The van der Waals surface area contributed by atoms with Crippen LogP contribution in [0.3, 0.4) is 0 Å². The smallest absolute Gasteiger partial charge is 0.227 e. The van der Waals surface area contributed by atoms with Crippen LogP contribution in [0.5, 0.6) is 0 Å². The van der Waals surface area contributed by atoms with Crippen molar-refractivity contribution in [1.29, 1.82) is 0 Å². The number of methoxy groups -OCH3 is 1. The van der Waals surface area contributed by atoms with Crippen molar-refractivity contribution in [3.63, 3.8) is 0 Å². The van der Waals surface area contributed by atoms with Crippen LogP contribution < -0.4 is 10.6 Å². The number of aliphatic hydroxyl groups is 1. The summed E-state index contributed by atoms with van der Waals surface area (Å²) < 4.78 is 7.53. The lowest BCUT2D eigenvalue weighted by Crippen LogP contribution is -2.50. The van der Waals surface area contributed by atoms with Gasteiger partial charge in [-0.3, -0.25) is 9.59 Å². The summed E-state index contributed by atoms with van der Waals surface area (Å²) in [5.41, 5.74) is 3.33. The number of hydrogen-bond acceptors (Lipinski definition) is 5. The van der Waals surface area contributed by atoms with Crippen LogP contribution in [0.25, 0.3) is 10.9 Å². The van der Waals surface area contributed by atoms with E-state index in [9.17, 15) is 14.7 Å². The maximum atomic E-state index is 14.0. The van der Waals surface area contributed by atoms with E-state index < -0.39 is 0 Å². The van der Waals surface area contributed by atoms with Crippen LogP contribution in [0.4, 0.5) is 0 Å². The van der Waals surface area contributed by atoms with Crippen molar-refractivity contribution < 1.29 is 19.4 Å². The van der Waals surface area contributed by atoms with E-state index in [1.54, 1.807) is 7.11 Å². The molecule has 2 fully saturated rings. The second-order valence-electron chi connectivity index (χ2n) is 11.2. The number of fused-ring (bicyclic) bond motifs is 1. The topological polar surface area (TPSA) is 95.8 Å². The van der Waals surface area contributed by atoms with Crippen molar-refractivity contribution in [3.8, 4) is 0 Å². The van der Waals surface area contributed by atoms with Crippen molar-refractivity contribution in [3.05, 3.63) is 71.9 Å². The van der Waals surface area contributed by atoms with Gasteiger partial charge in [0.05, 0.1) is 17.9 Å². The molecule has 0 bridgehead atoms. The largest absolute Gasteiger partial charge is 0.396 e. The standard InChI is InChI=1S/C32H42N4O4/c1-40-17-7-15-35-21-26(28-10-5-6-11-30(28)35)22-36(27-12-13-27)32(39)25-18-24(19-33-20-25)31(38)34-29(14-16-37)23-8-3-2-4-9-23/h2-6,8-11,21,24-25,27,29,33,37H,7,12-20,22H2,1H3,(H,34,38)/t24-,25+,29+/m0/s1. The normalized spacial score (nSPS) is 19.9. The van der Waals surface area contributed by atoms with Gasteiger partial charge in [-0.1, -0.05) is 48.5 Å². The van der Waals surface area contributed by atoms with Gasteiger partial charge >= 0.3 is 0 Å². The summed E-state index contributed by atoms with van der Waals surface area (Å²) in [6, 6.07) is 18.2. The van der Waals surface area contributed by atoms with E-state index in [2.05, 4.69) is 50.6 Å². The van der Waals surface area contributed by atoms with Gasteiger partial charge in [-0.05, 0) is 49.3 Å². The highest BCUT2D eigenvalue weighted by Crippen LogP contribution is 2.33. The van der Waals surface area contributed by atoms with Gasteiger partial charge < -0.3 is 29.9 Å². The maximum absolute atomic E-state index is 14.0. The molecule has 3 atom stereocenters. The Bertz CT molecular complexity index is 1270. The van der Waals surface area contributed by atoms with Gasteiger partial charge in [0.1, 0.15) is 0 Å². The molecule has 2 amide bonds.